The molecular formula is C23H26N4OS2. The van der Waals surface area contributed by atoms with Crippen molar-refractivity contribution in [3.8, 4) is 12.1 Å². The van der Waals surface area contributed by atoms with Crippen molar-refractivity contribution >= 4 is 23.5 Å². The Kier molecular flexibility index (Phi) is 8.60. The van der Waals surface area contributed by atoms with Crippen molar-refractivity contribution in [1.82, 2.24) is 9.88 Å². The summed E-state index contributed by atoms with van der Waals surface area (Å²) in [4.78, 5) is 7.18. The summed E-state index contributed by atoms with van der Waals surface area (Å²) in [5.41, 5.74) is 3.10. The van der Waals surface area contributed by atoms with Gasteiger partial charge in [-0.15, -0.1) is 11.8 Å². The average molecular weight is 439 g/mol. The average Bonchev–Trinajstić information content (AvgIpc) is 2.79. The van der Waals surface area contributed by atoms with E-state index in [4.69, 9.17) is 9.72 Å². The highest BCUT2D eigenvalue weighted by Gasteiger charge is 2.22. The molecule has 0 amide bonds. The second-order valence-electron chi connectivity index (χ2n) is 7.00. The number of benzene rings is 1. The zero-order chi connectivity index (χ0) is 21.3. The summed E-state index contributed by atoms with van der Waals surface area (Å²) in [5, 5.41) is 21.3. The fraction of sp³-hybridized carbons (Fsp3) is 0.435. The van der Waals surface area contributed by atoms with Gasteiger partial charge >= 0.3 is 0 Å². The van der Waals surface area contributed by atoms with Gasteiger partial charge in [-0.2, -0.15) is 10.5 Å². The maximum Gasteiger partial charge on any atom is 0.116 e. The van der Waals surface area contributed by atoms with Crippen LogP contribution in [0.1, 0.15) is 41.4 Å². The Morgan fingerprint density at radius 2 is 1.77 bits per heavy atom. The molecule has 2 heterocycles. The van der Waals surface area contributed by atoms with Gasteiger partial charge in [-0.25, -0.2) is 4.98 Å². The molecule has 5 nitrogen and oxygen atoms in total. The molecule has 7 heteroatoms. The first-order valence-corrected chi connectivity index (χ1v) is 12.1. The van der Waals surface area contributed by atoms with Gasteiger partial charge in [0.15, 0.2) is 0 Å². The summed E-state index contributed by atoms with van der Waals surface area (Å²) in [7, 11) is 0. The van der Waals surface area contributed by atoms with Crippen LogP contribution in [0.5, 0.6) is 0 Å². The highest BCUT2D eigenvalue weighted by molar-refractivity contribution is 8.00. The third-order valence-electron chi connectivity index (χ3n) is 5.12. The van der Waals surface area contributed by atoms with E-state index in [1.165, 1.54) is 5.56 Å². The third-order valence-corrected chi connectivity index (χ3v) is 7.22. The normalized spacial score (nSPS) is 15.3. The van der Waals surface area contributed by atoms with E-state index in [-0.39, 0.29) is 5.25 Å². The van der Waals surface area contributed by atoms with Gasteiger partial charge in [0.25, 0.3) is 0 Å². The van der Waals surface area contributed by atoms with Crippen LogP contribution in [0, 0.1) is 22.7 Å². The maximum atomic E-state index is 9.83. The Labute approximate surface area is 187 Å². The summed E-state index contributed by atoms with van der Waals surface area (Å²) >= 11 is 3.20. The van der Waals surface area contributed by atoms with Crippen LogP contribution in [-0.4, -0.2) is 48.5 Å². The SMILES string of the molecule is CCc1c(C#N)c(SCCN2CCOCC2)nc(SC(C)c2ccccc2)c1C#N. The topological polar surface area (TPSA) is 72.9 Å². The molecule has 0 saturated carbocycles. The van der Waals surface area contributed by atoms with Crippen molar-refractivity contribution in [2.45, 2.75) is 35.6 Å². The summed E-state index contributed by atoms with van der Waals surface area (Å²) in [5.74, 6) is 0.856. The minimum Gasteiger partial charge on any atom is -0.379 e. The number of hydrogen-bond acceptors (Lipinski definition) is 7. The van der Waals surface area contributed by atoms with Crippen molar-refractivity contribution in [2.75, 3.05) is 38.6 Å². The standard InChI is InChI=1S/C23H26N4OS2/c1-3-19-20(15-24)22(29-14-11-27-9-12-28-13-10-27)26-23(21(19)16-25)30-17(2)18-7-5-4-6-8-18/h4-8,17H,3,9-14H2,1-2H3. The molecule has 0 N–H and O–H groups in total. The summed E-state index contributed by atoms with van der Waals surface area (Å²) < 4.78 is 5.41. The molecule has 156 valence electrons. The lowest BCUT2D eigenvalue weighted by molar-refractivity contribution is 0.0410. The first-order chi connectivity index (χ1) is 14.7. The second-order valence-corrected chi connectivity index (χ2v) is 9.41. The zero-order valence-corrected chi connectivity index (χ0v) is 19.1. The molecule has 1 saturated heterocycles. The predicted molar refractivity (Wildman–Crippen MR) is 122 cm³/mol. The summed E-state index contributed by atoms with van der Waals surface area (Å²) in [6.07, 6.45) is 0.638. The van der Waals surface area contributed by atoms with Gasteiger partial charge in [0.1, 0.15) is 22.2 Å². The van der Waals surface area contributed by atoms with Gasteiger partial charge in [-0.3, -0.25) is 4.90 Å². The lowest BCUT2D eigenvalue weighted by Crippen LogP contribution is -2.37. The van der Waals surface area contributed by atoms with Gasteiger partial charge < -0.3 is 4.74 Å². The van der Waals surface area contributed by atoms with E-state index in [1.807, 2.05) is 25.1 Å². The number of aromatic nitrogens is 1. The van der Waals surface area contributed by atoms with E-state index in [1.54, 1.807) is 23.5 Å². The van der Waals surface area contributed by atoms with Crippen molar-refractivity contribution in [2.24, 2.45) is 0 Å². The predicted octanol–water partition coefficient (Wildman–Crippen LogP) is 4.66. The van der Waals surface area contributed by atoms with E-state index in [0.29, 0.717) is 17.5 Å². The van der Waals surface area contributed by atoms with Gasteiger partial charge in [0, 0.05) is 30.6 Å². The number of thioether (sulfide) groups is 2. The van der Waals surface area contributed by atoms with Gasteiger partial charge in [-0.1, -0.05) is 49.0 Å². The summed E-state index contributed by atoms with van der Waals surface area (Å²) in [6.45, 7) is 8.50. The number of ether oxygens (including phenoxy) is 1. The molecule has 1 aliphatic rings. The quantitative estimate of drug-likeness (QED) is 0.555. The Balaban J connectivity index is 1.85. The Morgan fingerprint density at radius 3 is 2.40 bits per heavy atom. The molecular weight excluding hydrogens is 412 g/mol. The first-order valence-electron chi connectivity index (χ1n) is 10.2. The highest BCUT2D eigenvalue weighted by Crippen LogP contribution is 2.39. The lowest BCUT2D eigenvalue weighted by Gasteiger charge is -2.26. The molecule has 1 aliphatic heterocycles. The van der Waals surface area contributed by atoms with Crippen LogP contribution in [0.3, 0.4) is 0 Å². The van der Waals surface area contributed by atoms with Crippen molar-refractivity contribution < 1.29 is 4.74 Å². The van der Waals surface area contributed by atoms with Crippen LogP contribution in [0.2, 0.25) is 0 Å². The van der Waals surface area contributed by atoms with E-state index in [0.717, 1.165) is 54.2 Å². The number of rotatable bonds is 8. The number of nitrogens with zero attached hydrogens (tertiary/aromatic N) is 4. The van der Waals surface area contributed by atoms with Gasteiger partial charge in [0.2, 0.25) is 0 Å². The third kappa shape index (κ3) is 5.56. The molecule has 2 aromatic rings. The van der Waals surface area contributed by atoms with E-state index >= 15 is 0 Å². The minimum absolute atomic E-state index is 0.162. The van der Waals surface area contributed by atoms with Crippen LogP contribution < -0.4 is 0 Å². The molecule has 1 aromatic carbocycles. The van der Waals surface area contributed by atoms with E-state index in [9.17, 15) is 10.5 Å². The Bertz CT molecular complexity index is 931. The minimum atomic E-state index is 0.162. The molecule has 1 atom stereocenters. The molecule has 0 radical (unpaired) electrons. The summed E-state index contributed by atoms with van der Waals surface area (Å²) in [6, 6.07) is 14.9. The lowest BCUT2D eigenvalue weighted by atomic mass is 10.0. The molecule has 30 heavy (non-hydrogen) atoms. The number of pyridine rings is 1. The number of nitriles is 2. The maximum absolute atomic E-state index is 9.83. The molecule has 0 bridgehead atoms. The van der Waals surface area contributed by atoms with Gasteiger partial charge in [-0.05, 0) is 24.5 Å². The van der Waals surface area contributed by atoms with Crippen molar-refractivity contribution in [3.05, 3.63) is 52.6 Å². The van der Waals surface area contributed by atoms with Crippen molar-refractivity contribution in [3.63, 3.8) is 0 Å². The Hall–Kier alpha value is -2.03. The number of morpholine rings is 1. The highest BCUT2D eigenvalue weighted by atomic mass is 32.2. The number of hydrogen-bond donors (Lipinski definition) is 0. The fourth-order valence-electron chi connectivity index (χ4n) is 3.42. The second kappa shape index (κ2) is 11.4. The van der Waals surface area contributed by atoms with E-state index < -0.39 is 0 Å². The monoisotopic (exact) mass is 438 g/mol. The smallest absolute Gasteiger partial charge is 0.116 e. The molecule has 1 fully saturated rings. The van der Waals surface area contributed by atoms with Crippen LogP contribution in [0.4, 0.5) is 0 Å². The molecule has 1 aromatic heterocycles. The molecule has 0 aliphatic carbocycles. The molecule has 3 rings (SSSR count). The van der Waals surface area contributed by atoms with Crippen LogP contribution >= 0.6 is 23.5 Å². The van der Waals surface area contributed by atoms with Crippen LogP contribution in [-0.2, 0) is 11.2 Å². The fourth-order valence-corrected chi connectivity index (χ4v) is 5.55. The molecule has 0 spiro atoms. The Morgan fingerprint density at radius 1 is 1.10 bits per heavy atom. The van der Waals surface area contributed by atoms with E-state index in [2.05, 4.69) is 36.1 Å². The van der Waals surface area contributed by atoms with Gasteiger partial charge in [0.05, 0.1) is 24.3 Å². The molecule has 1 unspecified atom stereocenters. The first kappa shape index (κ1) is 22.7. The zero-order valence-electron chi connectivity index (χ0n) is 17.4. The van der Waals surface area contributed by atoms with Crippen LogP contribution in [0.25, 0.3) is 0 Å². The van der Waals surface area contributed by atoms with Crippen LogP contribution in [0.15, 0.2) is 40.4 Å². The largest absolute Gasteiger partial charge is 0.379 e. The van der Waals surface area contributed by atoms with Crippen molar-refractivity contribution in [1.29, 1.82) is 10.5 Å².